The first kappa shape index (κ1) is 16.0. The van der Waals surface area contributed by atoms with Crippen LogP contribution in [0.5, 0.6) is 0 Å². The fourth-order valence-corrected chi connectivity index (χ4v) is 2.96. The number of pyridine rings is 1. The Labute approximate surface area is 149 Å². The second kappa shape index (κ2) is 6.44. The zero-order valence-electron chi connectivity index (χ0n) is 14.5. The Morgan fingerprint density at radius 1 is 1.15 bits per heavy atom. The van der Waals surface area contributed by atoms with Crippen LogP contribution in [0.25, 0.3) is 16.7 Å². The van der Waals surface area contributed by atoms with Crippen molar-refractivity contribution in [1.29, 1.82) is 0 Å². The van der Waals surface area contributed by atoms with Crippen molar-refractivity contribution < 1.29 is 0 Å². The van der Waals surface area contributed by atoms with Crippen molar-refractivity contribution in [2.24, 2.45) is 0 Å². The lowest BCUT2D eigenvalue weighted by atomic mass is 10.1. The second-order valence-electron chi connectivity index (χ2n) is 6.14. The number of anilines is 1. The minimum absolute atomic E-state index is 0.0580. The number of benzene rings is 1. The quantitative estimate of drug-likeness (QED) is 0.593. The first-order chi connectivity index (χ1) is 12.6. The summed E-state index contributed by atoms with van der Waals surface area (Å²) in [6, 6.07) is 11.5. The number of aromatic amines is 1. The summed E-state index contributed by atoms with van der Waals surface area (Å²) < 4.78 is 1.66. The van der Waals surface area contributed by atoms with Gasteiger partial charge in [0.25, 0.3) is 5.56 Å². The summed E-state index contributed by atoms with van der Waals surface area (Å²) in [5.74, 6) is 0.399. The van der Waals surface area contributed by atoms with Crippen LogP contribution in [-0.2, 0) is 0 Å². The Morgan fingerprint density at radius 3 is 2.73 bits per heavy atom. The van der Waals surface area contributed by atoms with Gasteiger partial charge in [-0.3, -0.25) is 14.8 Å². The van der Waals surface area contributed by atoms with Crippen LogP contribution < -0.4 is 10.9 Å². The summed E-state index contributed by atoms with van der Waals surface area (Å²) in [7, 11) is 0. The maximum absolute atomic E-state index is 12.4. The summed E-state index contributed by atoms with van der Waals surface area (Å²) in [5.41, 5.74) is 3.31. The van der Waals surface area contributed by atoms with E-state index in [1.54, 1.807) is 10.9 Å². The van der Waals surface area contributed by atoms with Gasteiger partial charge in [-0.15, -0.1) is 0 Å². The number of hydrogen-bond donors (Lipinski definition) is 2. The van der Waals surface area contributed by atoms with Crippen molar-refractivity contribution in [3.8, 4) is 5.69 Å². The third-order valence-electron chi connectivity index (χ3n) is 4.34. The maximum atomic E-state index is 12.4. The Balaban J connectivity index is 1.75. The molecular formula is C19H18N6O. The second-order valence-corrected chi connectivity index (χ2v) is 6.14. The number of hydrogen-bond acceptors (Lipinski definition) is 5. The molecule has 1 atom stereocenters. The fourth-order valence-electron chi connectivity index (χ4n) is 2.96. The van der Waals surface area contributed by atoms with Crippen LogP contribution >= 0.6 is 0 Å². The molecule has 0 aliphatic heterocycles. The van der Waals surface area contributed by atoms with Crippen LogP contribution in [0, 0.1) is 6.92 Å². The van der Waals surface area contributed by atoms with E-state index >= 15 is 0 Å². The average Bonchev–Trinajstić information content (AvgIpc) is 3.07. The van der Waals surface area contributed by atoms with E-state index in [4.69, 9.17) is 0 Å². The van der Waals surface area contributed by atoms with Gasteiger partial charge in [0.1, 0.15) is 5.39 Å². The summed E-state index contributed by atoms with van der Waals surface area (Å²) >= 11 is 0. The smallest absolute Gasteiger partial charge is 0.263 e. The number of H-pyrrole nitrogens is 1. The van der Waals surface area contributed by atoms with Crippen molar-refractivity contribution >= 4 is 17.0 Å². The predicted molar refractivity (Wildman–Crippen MR) is 100 cm³/mol. The highest BCUT2D eigenvalue weighted by Gasteiger charge is 2.14. The lowest BCUT2D eigenvalue weighted by Crippen LogP contribution is -2.16. The highest BCUT2D eigenvalue weighted by Crippen LogP contribution is 2.20. The fraction of sp³-hybridized carbons (Fsp3) is 0.158. The molecule has 0 saturated heterocycles. The molecular weight excluding hydrogens is 328 g/mol. The first-order valence-electron chi connectivity index (χ1n) is 8.34. The van der Waals surface area contributed by atoms with E-state index in [0.717, 1.165) is 16.8 Å². The van der Waals surface area contributed by atoms with Crippen molar-refractivity contribution in [3.05, 3.63) is 76.5 Å². The van der Waals surface area contributed by atoms with E-state index in [1.165, 1.54) is 6.20 Å². The largest absolute Gasteiger partial charge is 0.349 e. The number of rotatable bonds is 4. The molecule has 1 aromatic carbocycles. The van der Waals surface area contributed by atoms with Gasteiger partial charge in [0.2, 0.25) is 5.95 Å². The molecule has 7 nitrogen and oxygen atoms in total. The standard InChI is InChI=1S/C19H18N6O/c1-12-8-9-20-10-15(12)13(2)22-19-23-17-16(18(26)24-19)11-21-25(17)14-6-4-3-5-7-14/h3-11,13H,1-2H3,(H2,22,23,24,26). The molecule has 0 radical (unpaired) electrons. The van der Waals surface area contributed by atoms with Crippen LogP contribution in [0.3, 0.4) is 0 Å². The minimum atomic E-state index is -0.227. The number of fused-ring (bicyclic) bond motifs is 1. The van der Waals surface area contributed by atoms with E-state index in [1.807, 2.05) is 56.4 Å². The molecule has 0 saturated carbocycles. The van der Waals surface area contributed by atoms with Gasteiger partial charge < -0.3 is 5.32 Å². The van der Waals surface area contributed by atoms with Gasteiger partial charge in [-0.25, -0.2) is 4.68 Å². The highest BCUT2D eigenvalue weighted by molar-refractivity contribution is 5.76. The molecule has 0 spiro atoms. The molecule has 0 aliphatic carbocycles. The molecule has 1 unspecified atom stereocenters. The molecule has 0 fully saturated rings. The Hall–Kier alpha value is -3.48. The molecule has 0 bridgehead atoms. The number of para-hydroxylation sites is 1. The van der Waals surface area contributed by atoms with E-state index in [2.05, 4.69) is 25.4 Å². The third kappa shape index (κ3) is 2.83. The summed E-state index contributed by atoms with van der Waals surface area (Å²) in [6.07, 6.45) is 5.11. The van der Waals surface area contributed by atoms with Crippen molar-refractivity contribution in [2.75, 3.05) is 5.32 Å². The SMILES string of the molecule is Cc1ccncc1C(C)Nc1nc2c(cnn2-c2ccccc2)c(=O)[nH]1. The van der Waals surface area contributed by atoms with Crippen LogP contribution in [0.4, 0.5) is 5.95 Å². The van der Waals surface area contributed by atoms with Crippen LogP contribution in [0.1, 0.15) is 24.1 Å². The van der Waals surface area contributed by atoms with E-state index in [-0.39, 0.29) is 11.6 Å². The Morgan fingerprint density at radius 2 is 1.96 bits per heavy atom. The number of nitrogens with zero attached hydrogens (tertiary/aromatic N) is 4. The third-order valence-corrected chi connectivity index (χ3v) is 4.34. The van der Waals surface area contributed by atoms with E-state index in [0.29, 0.717) is 17.0 Å². The topological polar surface area (TPSA) is 88.5 Å². The van der Waals surface area contributed by atoms with Gasteiger partial charge in [-0.1, -0.05) is 18.2 Å². The van der Waals surface area contributed by atoms with Gasteiger partial charge in [-0.05, 0) is 43.2 Å². The lowest BCUT2D eigenvalue weighted by Gasteiger charge is -2.16. The van der Waals surface area contributed by atoms with Gasteiger partial charge in [0, 0.05) is 12.4 Å². The van der Waals surface area contributed by atoms with E-state index in [9.17, 15) is 4.79 Å². The van der Waals surface area contributed by atoms with Gasteiger partial charge in [-0.2, -0.15) is 10.1 Å². The van der Waals surface area contributed by atoms with Crippen LogP contribution in [0.15, 0.2) is 59.8 Å². The molecule has 0 aliphatic rings. The zero-order chi connectivity index (χ0) is 18.1. The molecule has 7 heteroatoms. The summed E-state index contributed by atoms with van der Waals surface area (Å²) in [4.78, 5) is 24.0. The molecule has 26 heavy (non-hydrogen) atoms. The van der Waals surface area contributed by atoms with Gasteiger partial charge in [0.05, 0.1) is 17.9 Å². The van der Waals surface area contributed by atoms with Crippen molar-refractivity contribution in [1.82, 2.24) is 24.7 Å². The number of aryl methyl sites for hydroxylation is 1. The molecule has 2 N–H and O–H groups in total. The number of aromatic nitrogens is 5. The van der Waals surface area contributed by atoms with Crippen LogP contribution in [-0.4, -0.2) is 24.7 Å². The number of nitrogens with one attached hydrogen (secondary N) is 2. The maximum Gasteiger partial charge on any atom is 0.263 e. The average molecular weight is 346 g/mol. The Bertz CT molecular complexity index is 1120. The first-order valence-corrected chi connectivity index (χ1v) is 8.34. The zero-order valence-corrected chi connectivity index (χ0v) is 14.5. The molecule has 3 heterocycles. The molecule has 130 valence electrons. The highest BCUT2D eigenvalue weighted by atomic mass is 16.1. The normalized spacial score (nSPS) is 12.2. The molecule has 3 aromatic heterocycles. The Kier molecular flexibility index (Phi) is 3.96. The van der Waals surface area contributed by atoms with Crippen LogP contribution in [0.2, 0.25) is 0 Å². The summed E-state index contributed by atoms with van der Waals surface area (Å²) in [6.45, 7) is 4.03. The lowest BCUT2D eigenvalue weighted by molar-refractivity contribution is 0.839. The monoisotopic (exact) mass is 346 g/mol. The summed E-state index contributed by atoms with van der Waals surface area (Å²) in [5, 5.41) is 8.02. The molecule has 4 rings (SSSR count). The minimum Gasteiger partial charge on any atom is -0.349 e. The predicted octanol–water partition coefficient (Wildman–Crippen LogP) is 2.99. The van der Waals surface area contributed by atoms with Gasteiger partial charge >= 0.3 is 0 Å². The van der Waals surface area contributed by atoms with Crippen molar-refractivity contribution in [2.45, 2.75) is 19.9 Å². The van der Waals surface area contributed by atoms with Gasteiger partial charge in [0.15, 0.2) is 5.65 Å². The molecule has 0 amide bonds. The molecule has 4 aromatic rings. The van der Waals surface area contributed by atoms with Crippen molar-refractivity contribution in [3.63, 3.8) is 0 Å². The van der Waals surface area contributed by atoms with E-state index < -0.39 is 0 Å².